The largest absolute Gasteiger partial charge is 0.486 e. The molecule has 1 N–H and O–H groups in total. The van der Waals surface area contributed by atoms with Crippen molar-refractivity contribution in [2.75, 3.05) is 6.54 Å². The van der Waals surface area contributed by atoms with E-state index in [1.54, 1.807) is 12.1 Å². The summed E-state index contributed by atoms with van der Waals surface area (Å²) in [5, 5.41) is 2.65. The summed E-state index contributed by atoms with van der Waals surface area (Å²) in [6, 6.07) is 0. The van der Waals surface area contributed by atoms with E-state index in [9.17, 15) is 4.79 Å². The average molecular weight is 283 g/mol. The van der Waals surface area contributed by atoms with Gasteiger partial charge in [0.1, 0.15) is 5.60 Å². The molecule has 6 heteroatoms. The van der Waals surface area contributed by atoms with Crippen LogP contribution in [0.3, 0.4) is 0 Å². The lowest BCUT2D eigenvalue weighted by Gasteiger charge is -2.32. The Hall–Kier alpha value is -1.01. The van der Waals surface area contributed by atoms with Crippen molar-refractivity contribution in [2.45, 2.75) is 65.3 Å². The Morgan fingerprint density at radius 1 is 1.20 bits per heavy atom. The van der Waals surface area contributed by atoms with E-state index < -0.39 is 11.7 Å². The third-order valence-electron chi connectivity index (χ3n) is 3.33. The van der Waals surface area contributed by atoms with Gasteiger partial charge in [-0.25, -0.2) is 4.79 Å². The number of ether oxygens (including phenoxy) is 1. The first-order chi connectivity index (χ1) is 8.93. The molecule has 0 unspecified atom stereocenters. The zero-order chi connectivity index (χ0) is 15.6. The van der Waals surface area contributed by atoms with Crippen LogP contribution in [-0.2, 0) is 14.0 Å². The van der Waals surface area contributed by atoms with E-state index in [0.29, 0.717) is 6.54 Å². The van der Waals surface area contributed by atoms with Crippen LogP contribution in [-0.4, -0.2) is 36.6 Å². The van der Waals surface area contributed by atoms with E-state index in [4.69, 9.17) is 14.0 Å². The van der Waals surface area contributed by atoms with Gasteiger partial charge in [-0.3, -0.25) is 0 Å². The summed E-state index contributed by atoms with van der Waals surface area (Å²) in [5.74, 6) is 1.80. The van der Waals surface area contributed by atoms with E-state index in [0.717, 1.165) is 0 Å². The number of rotatable bonds is 3. The molecule has 1 saturated heterocycles. The third-order valence-corrected chi connectivity index (χ3v) is 3.33. The molecule has 1 aliphatic rings. The normalized spacial score (nSPS) is 21.2. The fourth-order valence-corrected chi connectivity index (χ4v) is 1.60. The minimum atomic E-state index is -0.487. The molecule has 0 aromatic heterocycles. The number of carbonyl (C=O) groups excluding carboxylic acids is 1. The number of nitrogens with one attached hydrogen (secondary N) is 1. The van der Waals surface area contributed by atoms with E-state index in [-0.39, 0.29) is 18.3 Å². The Bertz CT molecular complexity index is 369. The van der Waals surface area contributed by atoms with E-state index in [1.165, 1.54) is 0 Å². The van der Waals surface area contributed by atoms with E-state index >= 15 is 0 Å². The second kappa shape index (κ2) is 5.78. The summed E-state index contributed by atoms with van der Waals surface area (Å²) in [6.07, 6.45) is 1.36. The molecular formula is C14H26BNO4. The lowest BCUT2D eigenvalue weighted by atomic mass is 9.90. The van der Waals surface area contributed by atoms with Crippen molar-refractivity contribution in [3.63, 3.8) is 0 Å². The molecule has 1 amide bonds. The summed E-state index contributed by atoms with van der Waals surface area (Å²) in [5.41, 5.74) is -1.18. The van der Waals surface area contributed by atoms with Crippen LogP contribution < -0.4 is 5.32 Å². The number of hydrogen-bond acceptors (Lipinski definition) is 4. The maximum atomic E-state index is 11.4. The summed E-state index contributed by atoms with van der Waals surface area (Å²) >= 11 is 0. The molecule has 1 rings (SSSR count). The van der Waals surface area contributed by atoms with E-state index in [2.05, 4.69) is 5.32 Å². The van der Waals surface area contributed by atoms with Gasteiger partial charge in [0, 0.05) is 6.54 Å². The number of alkyl carbamates (subject to hydrolysis) is 1. The fraction of sp³-hybridized carbons (Fsp3) is 0.786. The maximum absolute atomic E-state index is 11.4. The Morgan fingerprint density at radius 2 is 1.70 bits per heavy atom. The molecule has 0 bridgehead atoms. The lowest BCUT2D eigenvalue weighted by molar-refractivity contribution is 0.00578. The molecule has 0 saturated carbocycles. The molecule has 1 fully saturated rings. The average Bonchev–Trinajstić information content (AvgIpc) is 2.40. The zero-order valence-corrected chi connectivity index (χ0v) is 13.6. The Morgan fingerprint density at radius 3 is 2.15 bits per heavy atom. The molecule has 114 valence electrons. The molecule has 20 heavy (non-hydrogen) atoms. The summed E-state index contributed by atoms with van der Waals surface area (Å²) in [7, 11) is -0.388. The fourth-order valence-electron chi connectivity index (χ4n) is 1.60. The first kappa shape index (κ1) is 17.0. The highest BCUT2D eigenvalue weighted by Gasteiger charge is 2.49. The summed E-state index contributed by atoms with van der Waals surface area (Å²) < 4.78 is 16.7. The Kier molecular flexibility index (Phi) is 4.92. The van der Waals surface area contributed by atoms with Crippen molar-refractivity contribution in [2.24, 2.45) is 0 Å². The van der Waals surface area contributed by atoms with Crippen LogP contribution in [0.1, 0.15) is 48.5 Å². The predicted octanol–water partition coefficient (Wildman–Crippen LogP) is 2.70. The number of carbonyl (C=O) groups is 1. The van der Waals surface area contributed by atoms with Crippen LogP contribution in [0.2, 0.25) is 0 Å². The molecule has 0 aliphatic carbocycles. The van der Waals surface area contributed by atoms with Crippen molar-refractivity contribution in [3.05, 3.63) is 12.1 Å². The van der Waals surface area contributed by atoms with Gasteiger partial charge in [0.25, 0.3) is 0 Å². The lowest BCUT2D eigenvalue weighted by Crippen LogP contribution is -2.41. The molecule has 0 aromatic carbocycles. The van der Waals surface area contributed by atoms with Crippen molar-refractivity contribution in [3.8, 4) is 0 Å². The standard InChI is InChI=1S/C14H26BNO4/c1-12(2,3)18-11(17)16-10-8-9-15-19-13(4,5)14(6,7)20-15/h8-9H,10H2,1-7H3,(H,16,17)/b9-8-. The van der Waals surface area contributed by atoms with Crippen LogP contribution in [0.15, 0.2) is 12.1 Å². The topological polar surface area (TPSA) is 56.8 Å². The van der Waals surface area contributed by atoms with Crippen LogP contribution in [0.5, 0.6) is 0 Å². The van der Waals surface area contributed by atoms with Crippen molar-refractivity contribution in [1.82, 2.24) is 5.32 Å². The van der Waals surface area contributed by atoms with E-state index in [1.807, 2.05) is 48.5 Å². The number of hydrogen-bond donors (Lipinski definition) is 1. The molecule has 0 spiro atoms. The smallest absolute Gasteiger partial charge is 0.444 e. The quantitative estimate of drug-likeness (QED) is 0.809. The molecule has 1 aliphatic heterocycles. The van der Waals surface area contributed by atoms with Crippen molar-refractivity contribution in [1.29, 1.82) is 0 Å². The van der Waals surface area contributed by atoms with Crippen LogP contribution in [0.4, 0.5) is 4.79 Å². The number of amides is 1. The van der Waals surface area contributed by atoms with Gasteiger partial charge in [0.05, 0.1) is 11.2 Å². The maximum Gasteiger partial charge on any atom is 0.486 e. The first-order valence-corrected chi connectivity index (χ1v) is 6.92. The minimum Gasteiger partial charge on any atom is -0.444 e. The van der Waals surface area contributed by atoms with Gasteiger partial charge in [-0.15, -0.1) is 0 Å². The molecular weight excluding hydrogens is 257 g/mol. The van der Waals surface area contributed by atoms with Gasteiger partial charge in [0.2, 0.25) is 0 Å². The van der Waals surface area contributed by atoms with Crippen molar-refractivity contribution < 1.29 is 18.8 Å². The second-order valence-corrected chi connectivity index (χ2v) is 6.94. The van der Waals surface area contributed by atoms with Gasteiger partial charge >= 0.3 is 13.2 Å². The third kappa shape index (κ3) is 4.83. The summed E-state index contributed by atoms with van der Waals surface area (Å²) in [6.45, 7) is 13.9. The monoisotopic (exact) mass is 283 g/mol. The van der Waals surface area contributed by atoms with Crippen LogP contribution in [0, 0.1) is 0 Å². The summed E-state index contributed by atoms with van der Waals surface area (Å²) in [4.78, 5) is 11.4. The molecule has 0 aromatic rings. The van der Waals surface area contributed by atoms with Gasteiger partial charge in [-0.2, -0.15) is 0 Å². The molecule has 0 radical (unpaired) electrons. The second-order valence-electron chi connectivity index (χ2n) is 6.94. The molecule has 5 nitrogen and oxygen atoms in total. The first-order valence-electron chi connectivity index (χ1n) is 6.92. The molecule has 0 atom stereocenters. The van der Waals surface area contributed by atoms with Gasteiger partial charge in [-0.1, -0.05) is 12.1 Å². The molecule has 1 heterocycles. The highest BCUT2D eigenvalue weighted by molar-refractivity contribution is 6.51. The van der Waals surface area contributed by atoms with Gasteiger partial charge < -0.3 is 19.4 Å². The van der Waals surface area contributed by atoms with Crippen LogP contribution >= 0.6 is 0 Å². The minimum absolute atomic E-state index is 0.347. The van der Waals surface area contributed by atoms with Gasteiger partial charge in [-0.05, 0) is 48.5 Å². The van der Waals surface area contributed by atoms with Crippen molar-refractivity contribution >= 4 is 13.2 Å². The Labute approximate surface area is 122 Å². The highest BCUT2D eigenvalue weighted by atomic mass is 16.7. The van der Waals surface area contributed by atoms with Gasteiger partial charge in [0.15, 0.2) is 0 Å². The highest BCUT2D eigenvalue weighted by Crippen LogP contribution is 2.36. The van der Waals surface area contributed by atoms with Crippen LogP contribution in [0.25, 0.3) is 0 Å². The zero-order valence-electron chi connectivity index (χ0n) is 13.6. The Balaban J connectivity index is 2.35. The predicted molar refractivity (Wildman–Crippen MR) is 79.5 cm³/mol. The SMILES string of the molecule is CC(C)(C)OC(=O)NC/C=C\B1OC(C)(C)C(C)(C)O1.